The standard InChI is InChI=1S/C8H21NO2Si/c1-8(2)5-6-12(4,10-3)11-7-9/h8H,5-7,9H2,1-4H3. The van der Waals surface area contributed by atoms with Gasteiger partial charge in [-0.3, -0.25) is 0 Å². The van der Waals surface area contributed by atoms with Crippen molar-refractivity contribution in [3.8, 4) is 0 Å². The Morgan fingerprint density at radius 3 is 2.33 bits per heavy atom. The van der Waals surface area contributed by atoms with Gasteiger partial charge < -0.3 is 14.6 Å². The summed E-state index contributed by atoms with van der Waals surface area (Å²) in [6, 6.07) is 1.03. The Morgan fingerprint density at radius 2 is 2.00 bits per heavy atom. The Kier molecular flexibility index (Phi) is 5.74. The van der Waals surface area contributed by atoms with Crippen LogP contribution in [-0.2, 0) is 8.85 Å². The molecule has 0 aliphatic rings. The van der Waals surface area contributed by atoms with Gasteiger partial charge in [-0.2, -0.15) is 0 Å². The van der Waals surface area contributed by atoms with Crippen LogP contribution in [0.3, 0.4) is 0 Å². The molecule has 0 aromatic rings. The molecule has 0 aromatic heterocycles. The summed E-state index contributed by atoms with van der Waals surface area (Å²) in [6.07, 6.45) is 1.15. The molecule has 0 aliphatic heterocycles. The molecule has 0 aromatic carbocycles. The van der Waals surface area contributed by atoms with E-state index in [0.717, 1.165) is 12.5 Å². The summed E-state index contributed by atoms with van der Waals surface area (Å²) in [5.41, 5.74) is 5.33. The lowest BCUT2D eigenvalue weighted by molar-refractivity contribution is 0.208. The molecule has 0 fully saturated rings. The summed E-state index contributed by atoms with van der Waals surface area (Å²) in [5.74, 6) is 0.702. The minimum atomic E-state index is -1.91. The smallest absolute Gasteiger partial charge is 0.335 e. The highest BCUT2D eigenvalue weighted by molar-refractivity contribution is 6.65. The van der Waals surface area contributed by atoms with Crippen LogP contribution < -0.4 is 5.73 Å². The minimum absolute atomic E-state index is 0.272. The van der Waals surface area contributed by atoms with Crippen molar-refractivity contribution >= 4 is 8.56 Å². The monoisotopic (exact) mass is 191 g/mol. The van der Waals surface area contributed by atoms with Crippen LogP contribution in [0, 0.1) is 5.92 Å². The van der Waals surface area contributed by atoms with Crippen LogP contribution in [0.2, 0.25) is 12.6 Å². The Morgan fingerprint density at radius 1 is 1.42 bits per heavy atom. The SMILES string of the molecule is CO[Si](C)(CCC(C)C)OCN. The predicted octanol–water partition coefficient (Wildman–Crippen LogP) is 1.68. The van der Waals surface area contributed by atoms with Gasteiger partial charge in [-0.15, -0.1) is 0 Å². The third-order valence-corrected chi connectivity index (χ3v) is 4.83. The first-order chi connectivity index (χ1) is 5.54. The maximum atomic E-state index is 5.42. The fourth-order valence-electron chi connectivity index (χ4n) is 0.960. The van der Waals surface area contributed by atoms with E-state index >= 15 is 0 Å². The topological polar surface area (TPSA) is 44.5 Å². The molecular weight excluding hydrogens is 170 g/mol. The van der Waals surface area contributed by atoms with Gasteiger partial charge in [-0.05, 0) is 24.9 Å². The van der Waals surface area contributed by atoms with Crippen LogP contribution in [0.25, 0.3) is 0 Å². The molecule has 0 spiro atoms. The normalized spacial score (nSPS) is 16.5. The summed E-state index contributed by atoms with van der Waals surface area (Å²) in [4.78, 5) is 0. The summed E-state index contributed by atoms with van der Waals surface area (Å²) < 4.78 is 10.8. The highest BCUT2D eigenvalue weighted by Crippen LogP contribution is 2.17. The Balaban J connectivity index is 3.78. The average Bonchev–Trinajstić information content (AvgIpc) is 2.02. The van der Waals surface area contributed by atoms with E-state index in [2.05, 4.69) is 20.4 Å². The van der Waals surface area contributed by atoms with E-state index in [1.165, 1.54) is 0 Å². The summed E-state index contributed by atoms with van der Waals surface area (Å²) in [6.45, 7) is 6.73. The van der Waals surface area contributed by atoms with E-state index in [-0.39, 0.29) is 6.73 Å². The molecule has 0 amide bonds. The van der Waals surface area contributed by atoms with Crippen molar-refractivity contribution in [1.82, 2.24) is 0 Å². The van der Waals surface area contributed by atoms with Gasteiger partial charge in [0.15, 0.2) is 0 Å². The Hall–Kier alpha value is 0.0969. The van der Waals surface area contributed by atoms with Crippen molar-refractivity contribution in [3.05, 3.63) is 0 Å². The lowest BCUT2D eigenvalue weighted by Gasteiger charge is -2.24. The van der Waals surface area contributed by atoms with Crippen LogP contribution in [-0.4, -0.2) is 22.4 Å². The molecule has 2 N–H and O–H groups in total. The van der Waals surface area contributed by atoms with Gasteiger partial charge in [0.2, 0.25) is 0 Å². The summed E-state index contributed by atoms with van der Waals surface area (Å²) >= 11 is 0. The van der Waals surface area contributed by atoms with Gasteiger partial charge in [-0.25, -0.2) is 0 Å². The highest BCUT2D eigenvalue weighted by atomic mass is 28.4. The van der Waals surface area contributed by atoms with Gasteiger partial charge in [0, 0.05) is 7.11 Å². The predicted molar refractivity (Wildman–Crippen MR) is 53.0 cm³/mol. The second kappa shape index (κ2) is 5.69. The Labute approximate surface area is 76.5 Å². The first kappa shape index (κ1) is 12.1. The third-order valence-electron chi connectivity index (χ3n) is 2.00. The van der Waals surface area contributed by atoms with Gasteiger partial charge >= 0.3 is 8.56 Å². The van der Waals surface area contributed by atoms with Crippen molar-refractivity contribution in [3.63, 3.8) is 0 Å². The van der Waals surface area contributed by atoms with Gasteiger partial charge in [0.25, 0.3) is 0 Å². The second-order valence-electron chi connectivity index (χ2n) is 3.58. The van der Waals surface area contributed by atoms with Crippen molar-refractivity contribution in [2.24, 2.45) is 11.7 Å². The lowest BCUT2D eigenvalue weighted by Crippen LogP contribution is -2.39. The zero-order valence-corrected chi connectivity index (χ0v) is 9.59. The molecule has 3 nitrogen and oxygen atoms in total. The van der Waals surface area contributed by atoms with Crippen LogP contribution in [0.1, 0.15) is 20.3 Å². The summed E-state index contributed by atoms with van der Waals surface area (Å²) in [5, 5.41) is 0. The number of nitrogens with two attached hydrogens (primary N) is 1. The van der Waals surface area contributed by atoms with Crippen LogP contribution in [0.4, 0.5) is 0 Å². The molecule has 0 saturated carbocycles. The van der Waals surface area contributed by atoms with E-state index in [9.17, 15) is 0 Å². The molecule has 4 heteroatoms. The van der Waals surface area contributed by atoms with E-state index in [4.69, 9.17) is 14.6 Å². The molecule has 0 aliphatic carbocycles. The van der Waals surface area contributed by atoms with Crippen LogP contribution in [0.5, 0.6) is 0 Å². The molecule has 74 valence electrons. The summed E-state index contributed by atoms with van der Waals surface area (Å²) in [7, 11) is -0.201. The van der Waals surface area contributed by atoms with E-state index in [1.807, 2.05) is 0 Å². The number of hydrogen-bond acceptors (Lipinski definition) is 3. The molecular formula is C8H21NO2Si. The average molecular weight is 191 g/mol. The molecule has 0 bridgehead atoms. The van der Waals surface area contributed by atoms with E-state index in [1.54, 1.807) is 7.11 Å². The van der Waals surface area contributed by atoms with Crippen molar-refractivity contribution < 1.29 is 8.85 Å². The van der Waals surface area contributed by atoms with E-state index < -0.39 is 8.56 Å². The maximum Gasteiger partial charge on any atom is 0.335 e. The first-order valence-electron chi connectivity index (χ1n) is 4.43. The molecule has 0 heterocycles. The van der Waals surface area contributed by atoms with Gasteiger partial charge in [0.1, 0.15) is 0 Å². The quantitative estimate of drug-likeness (QED) is 0.513. The Bertz CT molecular complexity index is 122. The van der Waals surface area contributed by atoms with Gasteiger partial charge in [0.05, 0.1) is 6.73 Å². The lowest BCUT2D eigenvalue weighted by atomic mass is 10.2. The first-order valence-corrected chi connectivity index (χ1v) is 6.95. The van der Waals surface area contributed by atoms with Crippen molar-refractivity contribution in [1.29, 1.82) is 0 Å². The zero-order valence-electron chi connectivity index (χ0n) is 8.59. The molecule has 0 saturated heterocycles. The third kappa shape index (κ3) is 4.87. The fourth-order valence-corrected chi connectivity index (χ4v) is 2.88. The molecule has 12 heavy (non-hydrogen) atoms. The highest BCUT2D eigenvalue weighted by Gasteiger charge is 2.29. The van der Waals surface area contributed by atoms with Crippen molar-refractivity contribution in [2.75, 3.05) is 13.8 Å². The molecule has 1 atom stereocenters. The molecule has 0 radical (unpaired) electrons. The largest absolute Gasteiger partial charge is 0.398 e. The van der Waals surface area contributed by atoms with Gasteiger partial charge in [-0.1, -0.05) is 13.8 Å². The second-order valence-corrected chi connectivity index (χ2v) is 7.05. The molecule has 1 unspecified atom stereocenters. The van der Waals surface area contributed by atoms with Crippen LogP contribution >= 0.6 is 0 Å². The fraction of sp³-hybridized carbons (Fsp3) is 1.00. The zero-order chi connectivity index (χ0) is 9.61. The number of hydrogen-bond donors (Lipinski definition) is 1. The minimum Gasteiger partial charge on any atom is -0.398 e. The molecule has 0 rings (SSSR count). The van der Waals surface area contributed by atoms with E-state index in [0.29, 0.717) is 5.92 Å². The van der Waals surface area contributed by atoms with Crippen molar-refractivity contribution in [2.45, 2.75) is 32.9 Å². The van der Waals surface area contributed by atoms with Crippen LogP contribution in [0.15, 0.2) is 0 Å². The number of rotatable bonds is 6. The maximum absolute atomic E-state index is 5.42.